The Hall–Kier alpha value is -2.91. The summed E-state index contributed by atoms with van der Waals surface area (Å²) in [5.41, 5.74) is -0.480. The Morgan fingerprint density at radius 1 is 1.13 bits per heavy atom. The first-order chi connectivity index (χ1) is 18.2. The minimum absolute atomic E-state index is 0.208. The van der Waals surface area contributed by atoms with Crippen LogP contribution in [0.5, 0.6) is 0 Å². The standard InChI is InChI=1S/C23H24Cl2F3N5O5S/c1-2-39(37,38)29-11-18(16-5-3-4-6-17(16)25)30-20(35)13-33-22(36)32(12-19(34)23(26,27)28)21(31-33)14-7-9-15(24)10-8-14/h3-10,18-19,29,34H,2,11-13H2,1H3,(H,30,35)/t18?,19-/m0/s1. The molecule has 16 heteroatoms. The van der Waals surface area contributed by atoms with Crippen LogP contribution in [0.15, 0.2) is 53.3 Å². The Morgan fingerprint density at radius 3 is 2.36 bits per heavy atom. The van der Waals surface area contributed by atoms with Crippen molar-refractivity contribution < 1.29 is 31.5 Å². The number of sulfonamides is 1. The molecule has 0 spiro atoms. The van der Waals surface area contributed by atoms with Gasteiger partial charge in [-0.3, -0.25) is 9.36 Å². The number of nitrogens with one attached hydrogen (secondary N) is 2. The maximum atomic E-state index is 13.1. The fraction of sp³-hybridized carbons (Fsp3) is 0.348. The zero-order chi connectivity index (χ0) is 29.0. The molecule has 2 atom stereocenters. The lowest BCUT2D eigenvalue weighted by molar-refractivity contribution is -0.207. The molecule has 39 heavy (non-hydrogen) atoms. The fourth-order valence-corrected chi connectivity index (χ4v) is 4.50. The van der Waals surface area contributed by atoms with Gasteiger partial charge in [-0.05, 0) is 42.8 Å². The summed E-state index contributed by atoms with van der Waals surface area (Å²) in [4.78, 5) is 25.9. The van der Waals surface area contributed by atoms with Crippen molar-refractivity contribution in [1.29, 1.82) is 0 Å². The molecule has 3 N–H and O–H groups in total. The van der Waals surface area contributed by atoms with Gasteiger partial charge < -0.3 is 10.4 Å². The molecule has 3 rings (SSSR count). The summed E-state index contributed by atoms with van der Waals surface area (Å²) >= 11 is 12.1. The molecular weight excluding hydrogens is 586 g/mol. The Bertz CT molecular complexity index is 1480. The van der Waals surface area contributed by atoms with Crippen LogP contribution in [0.25, 0.3) is 11.4 Å². The molecule has 0 saturated heterocycles. The van der Waals surface area contributed by atoms with Crippen LogP contribution in [0.2, 0.25) is 10.0 Å². The zero-order valence-corrected chi connectivity index (χ0v) is 22.7. The largest absolute Gasteiger partial charge is 0.416 e. The highest BCUT2D eigenvalue weighted by atomic mass is 35.5. The lowest BCUT2D eigenvalue weighted by Gasteiger charge is -2.20. The normalized spacial score (nSPS) is 13.7. The van der Waals surface area contributed by atoms with E-state index in [9.17, 15) is 36.3 Å². The first kappa shape index (κ1) is 30.6. The Kier molecular flexibility index (Phi) is 9.83. The summed E-state index contributed by atoms with van der Waals surface area (Å²) in [6.07, 6.45) is -7.88. The number of amides is 1. The van der Waals surface area contributed by atoms with Crippen LogP contribution in [0.1, 0.15) is 18.5 Å². The summed E-state index contributed by atoms with van der Waals surface area (Å²) in [6, 6.07) is 11.1. The summed E-state index contributed by atoms with van der Waals surface area (Å²) in [5.74, 6) is -1.24. The van der Waals surface area contributed by atoms with E-state index in [1.807, 2.05) is 0 Å². The predicted octanol–water partition coefficient (Wildman–Crippen LogP) is 2.74. The number of benzene rings is 2. The molecule has 0 bridgehead atoms. The number of rotatable bonds is 11. The quantitative estimate of drug-likeness (QED) is 0.306. The highest BCUT2D eigenvalue weighted by Crippen LogP contribution is 2.25. The van der Waals surface area contributed by atoms with E-state index in [1.54, 1.807) is 24.3 Å². The van der Waals surface area contributed by atoms with Gasteiger partial charge in [0.25, 0.3) is 0 Å². The number of nitrogens with zero attached hydrogens (tertiary/aromatic N) is 3. The van der Waals surface area contributed by atoms with Gasteiger partial charge in [0.15, 0.2) is 11.9 Å². The average molecular weight is 610 g/mol. The first-order valence-corrected chi connectivity index (χ1v) is 13.8. The van der Waals surface area contributed by atoms with Crippen molar-refractivity contribution >= 4 is 39.1 Å². The van der Waals surface area contributed by atoms with E-state index in [2.05, 4.69) is 15.1 Å². The van der Waals surface area contributed by atoms with Crippen molar-refractivity contribution in [2.75, 3.05) is 12.3 Å². The number of halogens is 5. The molecule has 0 fully saturated rings. The van der Waals surface area contributed by atoms with Crippen LogP contribution in [-0.4, -0.2) is 58.4 Å². The van der Waals surface area contributed by atoms with Crippen molar-refractivity contribution in [3.8, 4) is 11.4 Å². The Balaban J connectivity index is 1.92. The molecule has 1 amide bonds. The molecule has 1 heterocycles. The summed E-state index contributed by atoms with van der Waals surface area (Å²) in [6.45, 7) is -0.718. The van der Waals surface area contributed by atoms with Crippen LogP contribution in [0, 0.1) is 0 Å². The van der Waals surface area contributed by atoms with Gasteiger partial charge in [-0.15, -0.1) is 5.10 Å². The summed E-state index contributed by atoms with van der Waals surface area (Å²) in [7, 11) is -3.64. The maximum Gasteiger partial charge on any atom is 0.416 e. The Labute approximate surface area is 231 Å². The minimum Gasteiger partial charge on any atom is -0.382 e. The van der Waals surface area contributed by atoms with Gasteiger partial charge in [-0.1, -0.05) is 41.4 Å². The van der Waals surface area contributed by atoms with Gasteiger partial charge in [-0.25, -0.2) is 22.6 Å². The van der Waals surface area contributed by atoms with Crippen molar-refractivity contribution in [2.24, 2.45) is 0 Å². The van der Waals surface area contributed by atoms with E-state index >= 15 is 0 Å². The molecule has 1 aromatic heterocycles. The lowest BCUT2D eigenvalue weighted by Crippen LogP contribution is -2.41. The predicted molar refractivity (Wildman–Crippen MR) is 139 cm³/mol. The third-order valence-corrected chi connectivity index (χ3v) is 7.52. The average Bonchev–Trinajstić information content (AvgIpc) is 3.16. The number of carbonyl (C=O) groups excluding carboxylic acids is 1. The molecular formula is C23H24Cl2F3N5O5S. The molecule has 0 aliphatic carbocycles. The van der Waals surface area contributed by atoms with Crippen molar-refractivity contribution in [3.05, 3.63) is 74.6 Å². The highest BCUT2D eigenvalue weighted by molar-refractivity contribution is 7.89. The molecule has 2 aromatic carbocycles. The molecule has 1 unspecified atom stereocenters. The van der Waals surface area contributed by atoms with Crippen molar-refractivity contribution in [3.63, 3.8) is 0 Å². The summed E-state index contributed by atoms with van der Waals surface area (Å²) in [5, 5.41) is 16.8. The van der Waals surface area contributed by atoms with Crippen LogP contribution >= 0.6 is 23.2 Å². The number of carbonyl (C=O) groups is 1. The Morgan fingerprint density at radius 2 is 1.77 bits per heavy atom. The molecule has 10 nitrogen and oxygen atoms in total. The van der Waals surface area contributed by atoms with Gasteiger partial charge in [0.1, 0.15) is 6.54 Å². The second-order valence-corrected chi connectivity index (χ2v) is 11.3. The van der Waals surface area contributed by atoms with Crippen LogP contribution in [-0.2, 0) is 27.9 Å². The van der Waals surface area contributed by atoms with Crippen LogP contribution in [0.3, 0.4) is 0 Å². The number of alkyl halides is 3. The molecule has 0 saturated carbocycles. The van der Waals surface area contributed by atoms with E-state index in [0.29, 0.717) is 19.8 Å². The maximum absolute atomic E-state index is 13.1. The third-order valence-electron chi connectivity index (χ3n) is 5.56. The smallest absolute Gasteiger partial charge is 0.382 e. The molecule has 3 aromatic rings. The zero-order valence-electron chi connectivity index (χ0n) is 20.3. The van der Waals surface area contributed by atoms with E-state index in [0.717, 1.165) is 0 Å². The van der Waals surface area contributed by atoms with Crippen molar-refractivity contribution in [1.82, 2.24) is 24.4 Å². The SMILES string of the molecule is CCS(=O)(=O)NCC(NC(=O)Cn1nc(-c2ccc(Cl)cc2)n(C[C@H](O)C(F)(F)F)c1=O)c1ccccc1Cl. The van der Waals surface area contributed by atoms with Crippen LogP contribution in [0.4, 0.5) is 13.2 Å². The number of aliphatic hydroxyl groups excluding tert-OH is 1. The molecule has 0 aliphatic rings. The lowest BCUT2D eigenvalue weighted by atomic mass is 10.1. The number of hydrogen-bond acceptors (Lipinski definition) is 6. The number of aromatic nitrogens is 3. The van der Waals surface area contributed by atoms with Crippen molar-refractivity contribution in [2.45, 2.75) is 38.3 Å². The van der Waals surface area contributed by atoms with Gasteiger partial charge in [0.2, 0.25) is 15.9 Å². The first-order valence-electron chi connectivity index (χ1n) is 11.4. The summed E-state index contributed by atoms with van der Waals surface area (Å²) < 4.78 is 66.7. The minimum atomic E-state index is -5.01. The molecule has 0 radical (unpaired) electrons. The topological polar surface area (TPSA) is 135 Å². The second kappa shape index (κ2) is 12.5. The molecule has 212 valence electrons. The van der Waals surface area contributed by atoms with Crippen LogP contribution < -0.4 is 15.7 Å². The third kappa shape index (κ3) is 8.05. The number of aliphatic hydroxyl groups is 1. The number of hydrogen-bond donors (Lipinski definition) is 3. The second-order valence-electron chi connectivity index (χ2n) is 8.33. The van der Waals surface area contributed by atoms with Gasteiger partial charge in [0, 0.05) is 22.2 Å². The van der Waals surface area contributed by atoms with E-state index in [-0.39, 0.29) is 28.7 Å². The van der Waals surface area contributed by atoms with E-state index in [4.69, 9.17) is 23.2 Å². The van der Waals surface area contributed by atoms with E-state index < -0.39 is 53.0 Å². The van der Waals surface area contributed by atoms with Gasteiger partial charge in [-0.2, -0.15) is 13.2 Å². The van der Waals surface area contributed by atoms with Gasteiger partial charge >= 0.3 is 11.9 Å². The fourth-order valence-electron chi connectivity index (χ4n) is 3.48. The molecule has 0 aliphatic heterocycles. The highest BCUT2D eigenvalue weighted by Gasteiger charge is 2.39. The van der Waals surface area contributed by atoms with E-state index in [1.165, 1.54) is 31.2 Å². The van der Waals surface area contributed by atoms with Gasteiger partial charge in [0.05, 0.1) is 18.3 Å². The monoisotopic (exact) mass is 609 g/mol.